The van der Waals surface area contributed by atoms with Gasteiger partial charge in [-0.3, -0.25) is 0 Å². The van der Waals surface area contributed by atoms with E-state index in [2.05, 4.69) is 31.4 Å². The monoisotopic (exact) mass is 304 g/mol. The lowest BCUT2D eigenvalue weighted by Crippen LogP contribution is -2.03. The summed E-state index contributed by atoms with van der Waals surface area (Å²) in [4.78, 5) is 0. The number of phenolic OH excluding ortho intramolecular Hbond substituents is 1. The molecule has 1 N–H and O–H groups in total. The van der Waals surface area contributed by atoms with Gasteiger partial charge in [0, 0.05) is 5.56 Å². The molecule has 1 aliphatic rings. The van der Waals surface area contributed by atoms with Crippen molar-refractivity contribution in [2.24, 2.45) is 0 Å². The van der Waals surface area contributed by atoms with E-state index in [1.54, 1.807) is 0 Å². The van der Waals surface area contributed by atoms with E-state index in [-0.39, 0.29) is 0 Å². The number of hydrogen-bond donors (Lipinski definition) is 1. The molecule has 2 aromatic rings. The van der Waals surface area contributed by atoms with Crippen LogP contribution in [-0.4, -0.2) is 5.11 Å². The minimum Gasteiger partial charge on any atom is -0.507 e. The lowest BCUT2D eigenvalue weighted by molar-refractivity contribution is 0.471. The molecule has 0 bridgehead atoms. The Morgan fingerprint density at radius 1 is 0.870 bits per heavy atom. The highest BCUT2D eigenvalue weighted by Gasteiger charge is 2.14. The third-order valence-electron chi connectivity index (χ3n) is 4.75. The van der Waals surface area contributed by atoms with E-state index < -0.39 is 0 Å². The largest absolute Gasteiger partial charge is 0.507 e. The van der Waals surface area contributed by atoms with Crippen LogP contribution in [0.2, 0.25) is 0 Å². The molecule has 3 rings (SSSR count). The number of hydrogen-bond acceptors (Lipinski definition) is 1. The molecule has 0 fully saturated rings. The van der Waals surface area contributed by atoms with Gasteiger partial charge in [-0.15, -0.1) is 0 Å². The number of rotatable bonds is 5. The SMILES string of the molecule is C=C(CCC(=C)c1cc2c(cc1O)CCCC2)c1ccccc1. The molecule has 0 aromatic heterocycles. The lowest BCUT2D eigenvalue weighted by atomic mass is 9.87. The molecule has 118 valence electrons. The summed E-state index contributed by atoms with van der Waals surface area (Å²) in [6, 6.07) is 14.3. The quantitative estimate of drug-likeness (QED) is 0.742. The maximum atomic E-state index is 10.3. The summed E-state index contributed by atoms with van der Waals surface area (Å²) in [5, 5.41) is 10.3. The van der Waals surface area contributed by atoms with Crippen molar-refractivity contribution in [3.8, 4) is 5.75 Å². The lowest BCUT2D eigenvalue weighted by Gasteiger charge is -2.19. The van der Waals surface area contributed by atoms with E-state index in [1.165, 1.54) is 29.5 Å². The zero-order valence-electron chi connectivity index (χ0n) is 13.6. The third-order valence-corrected chi connectivity index (χ3v) is 4.75. The fraction of sp³-hybridized carbons (Fsp3) is 0.273. The highest BCUT2D eigenvalue weighted by molar-refractivity contribution is 5.72. The van der Waals surface area contributed by atoms with Gasteiger partial charge in [0.25, 0.3) is 0 Å². The third kappa shape index (κ3) is 3.56. The first kappa shape index (κ1) is 15.6. The minimum absolute atomic E-state index is 0.376. The molecule has 0 aliphatic heterocycles. The Morgan fingerprint density at radius 3 is 2.17 bits per heavy atom. The van der Waals surface area contributed by atoms with Crippen molar-refractivity contribution in [2.75, 3.05) is 0 Å². The summed E-state index contributed by atoms with van der Waals surface area (Å²) in [5.74, 6) is 0.376. The maximum Gasteiger partial charge on any atom is 0.123 e. The van der Waals surface area contributed by atoms with Gasteiger partial charge in [-0.1, -0.05) is 43.5 Å². The van der Waals surface area contributed by atoms with Gasteiger partial charge >= 0.3 is 0 Å². The second-order valence-corrected chi connectivity index (χ2v) is 6.42. The van der Waals surface area contributed by atoms with Crippen LogP contribution in [0.15, 0.2) is 55.6 Å². The van der Waals surface area contributed by atoms with Gasteiger partial charge in [0.2, 0.25) is 0 Å². The van der Waals surface area contributed by atoms with Crippen molar-refractivity contribution in [1.29, 1.82) is 0 Å². The van der Waals surface area contributed by atoms with Crippen molar-refractivity contribution >= 4 is 11.1 Å². The first-order valence-electron chi connectivity index (χ1n) is 8.41. The molecule has 0 spiro atoms. The Morgan fingerprint density at radius 2 is 1.48 bits per heavy atom. The topological polar surface area (TPSA) is 20.2 Å². The number of aryl methyl sites for hydroxylation is 2. The molecule has 1 heteroatoms. The summed E-state index contributed by atoms with van der Waals surface area (Å²) in [6.45, 7) is 8.38. The molecule has 0 unspecified atom stereocenters. The van der Waals surface area contributed by atoms with Crippen LogP contribution >= 0.6 is 0 Å². The summed E-state index contributed by atoms with van der Waals surface area (Å²) < 4.78 is 0. The second kappa shape index (κ2) is 6.87. The van der Waals surface area contributed by atoms with Crippen molar-refractivity contribution in [2.45, 2.75) is 38.5 Å². The van der Waals surface area contributed by atoms with E-state index in [4.69, 9.17) is 0 Å². The molecular weight excluding hydrogens is 280 g/mol. The number of allylic oxidation sites excluding steroid dienone is 2. The molecule has 0 radical (unpaired) electrons. The molecule has 1 aliphatic carbocycles. The summed E-state index contributed by atoms with van der Waals surface area (Å²) in [5.41, 5.74) is 6.88. The van der Waals surface area contributed by atoms with E-state index in [9.17, 15) is 5.11 Å². The number of benzene rings is 2. The van der Waals surface area contributed by atoms with Crippen LogP contribution < -0.4 is 0 Å². The molecule has 2 aromatic carbocycles. The van der Waals surface area contributed by atoms with Gasteiger partial charge in [0.1, 0.15) is 5.75 Å². The average Bonchev–Trinajstić information content (AvgIpc) is 2.59. The number of aromatic hydroxyl groups is 1. The van der Waals surface area contributed by atoms with Crippen molar-refractivity contribution in [3.63, 3.8) is 0 Å². The standard InChI is InChI=1S/C22H24O/c1-16(18-8-4-3-5-9-18)12-13-17(2)21-14-19-10-6-7-11-20(19)15-22(21)23/h3-5,8-9,14-15,23H,1-2,6-7,10-13H2. The zero-order chi connectivity index (χ0) is 16.2. The smallest absolute Gasteiger partial charge is 0.123 e. The second-order valence-electron chi connectivity index (χ2n) is 6.42. The summed E-state index contributed by atoms with van der Waals surface area (Å²) in [6.07, 6.45) is 6.35. The van der Waals surface area contributed by atoms with Crippen LogP contribution in [-0.2, 0) is 12.8 Å². The highest BCUT2D eigenvalue weighted by atomic mass is 16.3. The Hall–Kier alpha value is -2.28. The van der Waals surface area contributed by atoms with Crippen LogP contribution in [0.1, 0.15) is 47.9 Å². The predicted octanol–water partition coefficient (Wildman–Crippen LogP) is 5.78. The first-order chi connectivity index (χ1) is 11.1. The Labute approximate surface area is 139 Å². The zero-order valence-corrected chi connectivity index (χ0v) is 13.6. The maximum absolute atomic E-state index is 10.3. The van der Waals surface area contributed by atoms with Gasteiger partial charge in [0.15, 0.2) is 0 Å². The van der Waals surface area contributed by atoms with Crippen LogP contribution in [0.3, 0.4) is 0 Å². The molecule has 0 heterocycles. The number of phenols is 1. The van der Waals surface area contributed by atoms with Crippen LogP contribution in [0.4, 0.5) is 0 Å². The fourth-order valence-corrected chi connectivity index (χ4v) is 3.31. The summed E-state index contributed by atoms with van der Waals surface area (Å²) in [7, 11) is 0. The van der Waals surface area contributed by atoms with Gasteiger partial charge < -0.3 is 5.11 Å². The molecule has 0 amide bonds. The molecular formula is C22H24O. The molecule has 23 heavy (non-hydrogen) atoms. The molecule has 0 saturated heterocycles. The van der Waals surface area contributed by atoms with Crippen molar-refractivity contribution in [3.05, 3.63) is 77.9 Å². The van der Waals surface area contributed by atoms with E-state index in [0.717, 1.165) is 42.4 Å². The van der Waals surface area contributed by atoms with Gasteiger partial charge in [-0.2, -0.15) is 0 Å². The van der Waals surface area contributed by atoms with E-state index in [0.29, 0.717) is 5.75 Å². The Balaban J connectivity index is 1.70. The van der Waals surface area contributed by atoms with Crippen LogP contribution in [0.25, 0.3) is 11.1 Å². The average molecular weight is 304 g/mol. The van der Waals surface area contributed by atoms with Crippen molar-refractivity contribution in [1.82, 2.24) is 0 Å². The summed E-state index contributed by atoms with van der Waals surface area (Å²) >= 11 is 0. The number of fused-ring (bicyclic) bond motifs is 1. The normalized spacial score (nSPS) is 13.4. The highest BCUT2D eigenvalue weighted by Crippen LogP contribution is 2.34. The molecule has 0 saturated carbocycles. The minimum atomic E-state index is 0.376. The van der Waals surface area contributed by atoms with E-state index in [1.807, 2.05) is 24.3 Å². The Kier molecular flexibility index (Phi) is 4.66. The molecule has 0 atom stereocenters. The first-order valence-corrected chi connectivity index (χ1v) is 8.41. The fourth-order valence-electron chi connectivity index (χ4n) is 3.31. The van der Waals surface area contributed by atoms with E-state index >= 15 is 0 Å². The van der Waals surface area contributed by atoms with Crippen LogP contribution in [0, 0.1) is 0 Å². The predicted molar refractivity (Wildman–Crippen MR) is 98.5 cm³/mol. The van der Waals surface area contributed by atoms with Gasteiger partial charge in [0.05, 0.1) is 0 Å². The Bertz CT molecular complexity index is 725. The molecule has 1 nitrogen and oxygen atoms in total. The van der Waals surface area contributed by atoms with Crippen molar-refractivity contribution < 1.29 is 5.11 Å². The van der Waals surface area contributed by atoms with Gasteiger partial charge in [-0.05, 0) is 78.5 Å². The van der Waals surface area contributed by atoms with Crippen LogP contribution in [0.5, 0.6) is 5.75 Å². The van der Waals surface area contributed by atoms with Gasteiger partial charge in [-0.25, -0.2) is 0 Å².